The molecule has 0 fully saturated rings. The third kappa shape index (κ3) is 3.93. The van der Waals surface area contributed by atoms with Gasteiger partial charge in [-0.3, -0.25) is 0 Å². The minimum absolute atomic E-state index is 0.129. The van der Waals surface area contributed by atoms with Crippen LogP contribution in [0.25, 0.3) is 0 Å². The predicted molar refractivity (Wildman–Crippen MR) is 87.1 cm³/mol. The summed E-state index contributed by atoms with van der Waals surface area (Å²) >= 11 is 2.30. The molecule has 0 aromatic heterocycles. The summed E-state index contributed by atoms with van der Waals surface area (Å²) < 4.78 is 14.8. The normalized spacial score (nSPS) is 12.2. The molecule has 0 aliphatic heterocycles. The van der Waals surface area contributed by atoms with Crippen LogP contribution in [0.3, 0.4) is 0 Å². The number of aryl methyl sites for hydroxylation is 1. The van der Waals surface area contributed by atoms with Crippen LogP contribution in [0.4, 0.5) is 10.1 Å². The molecule has 0 aliphatic rings. The molecule has 3 heteroatoms. The van der Waals surface area contributed by atoms with Crippen LogP contribution in [0, 0.1) is 16.3 Å². The van der Waals surface area contributed by atoms with E-state index in [0.717, 1.165) is 11.3 Å². The van der Waals surface area contributed by atoms with Crippen LogP contribution in [0.1, 0.15) is 18.1 Å². The van der Waals surface area contributed by atoms with Gasteiger partial charge in [-0.15, -0.1) is 0 Å². The fourth-order valence-corrected chi connectivity index (χ4v) is 2.75. The number of benzene rings is 2. The second-order valence-electron chi connectivity index (χ2n) is 4.80. The number of anilines is 1. The Morgan fingerprint density at radius 1 is 1.21 bits per heavy atom. The molecule has 2 rings (SSSR count). The molecule has 0 spiro atoms. The summed E-state index contributed by atoms with van der Waals surface area (Å²) in [6, 6.07) is 13.4. The Bertz CT molecular complexity index is 568. The lowest BCUT2D eigenvalue weighted by Gasteiger charge is -2.17. The second-order valence-corrected chi connectivity index (χ2v) is 6.05. The maximum absolute atomic E-state index is 13.6. The van der Waals surface area contributed by atoms with Crippen LogP contribution in [0.2, 0.25) is 0 Å². The quantitative estimate of drug-likeness (QED) is 0.765. The summed E-state index contributed by atoms with van der Waals surface area (Å²) in [5.74, 6) is -0.129. The third-order valence-corrected chi connectivity index (χ3v) is 3.75. The van der Waals surface area contributed by atoms with E-state index in [1.54, 1.807) is 6.07 Å². The van der Waals surface area contributed by atoms with Crippen molar-refractivity contribution in [3.63, 3.8) is 0 Å². The first-order valence-electron chi connectivity index (χ1n) is 6.32. The maximum Gasteiger partial charge on any atom is 0.126 e. The predicted octanol–water partition coefficient (Wildman–Crippen LogP) is 4.78. The van der Waals surface area contributed by atoms with Crippen molar-refractivity contribution in [2.75, 3.05) is 5.32 Å². The van der Waals surface area contributed by atoms with E-state index < -0.39 is 0 Å². The van der Waals surface area contributed by atoms with Crippen LogP contribution in [-0.2, 0) is 6.42 Å². The van der Waals surface area contributed by atoms with Crippen molar-refractivity contribution in [3.8, 4) is 0 Å². The SMILES string of the molecule is Cc1cc(I)ccc1NC(C)Cc1ccccc1F. The monoisotopic (exact) mass is 369 g/mol. The van der Waals surface area contributed by atoms with Gasteiger partial charge in [0.2, 0.25) is 0 Å². The molecule has 1 nitrogen and oxygen atoms in total. The summed E-state index contributed by atoms with van der Waals surface area (Å²) in [7, 11) is 0. The molecule has 19 heavy (non-hydrogen) atoms. The first kappa shape index (κ1) is 14.3. The summed E-state index contributed by atoms with van der Waals surface area (Å²) in [6.45, 7) is 4.16. The van der Waals surface area contributed by atoms with Gasteiger partial charge >= 0.3 is 0 Å². The van der Waals surface area contributed by atoms with Crippen molar-refractivity contribution in [1.82, 2.24) is 0 Å². The largest absolute Gasteiger partial charge is 0.382 e. The first-order chi connectivity index (χ1) is 9.06. The van der Waals surface area contributed by atoms with E-state index in [4.69, 9.17) is 0 Å². The maximum atomic E-state index is 13.6. The standard InChI is InChI=1S/C16H17FIN/c1-11-9-14(18)7-8-16(11)19-12(2)10-13-5-3-4-6-15(13)17/h3-9,12,19H,10H2,1-2H3. The zero-order valence-electron chi connectivity index (χ0n) is 11.1. The lowest BCUT2D eigenvalue weighted by molar-refractivity contribution is 0.601. The summed E-state index contributed by atoms with van der Waals surface area (Å²) in [4.78, 5) is 0. The van der Waals surface area contributed by atoms with Gasteiger partial charge in [0.25, 0.3) is 0 Å². The van der Waals surface area contributed by atoms with E-state index >= 15 is 0 Å². The topological polar surface area (TPSA) is 12.0 Å². The Hall–Kier alpha value is -1.10. The molecular weight excluding hydrogens is 352 g/mol. The van der Waals surface area contributed by atoms with Gasteiger partial charge in [0.15, 0.2) is 0 Å². The summed E-state index contributed by atoms with van der Waals surface area (Å²) in [6.07, 6.45) is 0.679. The number of halogens is 2. The number of nitrogens with one attached hydrogen (secondary N) is 1. The molecule has 0 heterocycles. The van der Waals surface area contributed by atoms with E-state index in [1.807, 2.05) is 12.1 Å². The zero-order chi connectivity index (χ0) is 13.8. The summed E-state index contributed by atoms with van der Waals surface area (Å²) in [5, 5.41) is 3.44. The molecule has 0 amide bonds. The average Bonchev–Trinajstić information content (AvgIpc) is 2.36. The van der Waals surface area contributed by atoms with E-state index in [2.05, 4.69) is 60.0 Å². The van der Waals surface area contributed by atoms with Crippen LogP contribution < -0.4 is 5.32 Å². The van der Waals surface area contributed by atoms with Gasteiger partial charge < -0.3 is 5.32 Å². The fourth-order valence-electron chi connectivity index (χ4n) is 2.10. The highest BCUT2D eigenvalue weighted by atomic mass is 127. The van der Waals surface area contributed by atoms with E-state index in [1.165, 1.54) is 15.2 Å². The number of hydrogen-bond acceptors (Lipinski definition) is 1. The Kier molecular flexibility index (Phi) is 4.80. The molecule has 0 radical (unpaired) electrons. The second kappa shape index (κ2) is 6.37. The van der Waals surface area contributed by atoms with Crippen LogP contribution >= 0.6 is 22.6 Å². The average molecular weight is 369 g/mol. The molecule has 0 bridgehead atoms. The Morgan fingerprint density at radius 2 is 1.95 bits per heavy atom. The van der Waals surface area contributed by atoms with Gasteiger partial charge in [-0.2, -0.15) is 0 Å². The molecule has 2 aromatic carbocycles. The van der Waals surface area contributed by atoms with Crippen molar-refractivity contribution in [1.29, 1.82) is 0 Å². The number of hydrogen-bond donors (Lipinski definition) is 1. The molecule has 0 aliphatic carbocycles. The Morgan fingerprint density at radius 3 is 2.63 bits per heavy atom. The lowest BCUT2D eigenvalue weighted by atomic mass is 10.1. The molecule has 0 saturated heterocycles. The molecule has 0 saturated carbocycles. The van der Waals surface area contributed by atoms with Crippen LogP contribution in [0.15, 0.2) is 42.5 Å². The van der Waals surface area contributed by atoms with Crippen molar-refractivity contribution >= 4 is 28.3 Å². The smallest absolute Gasteiger partial charge is 0.126 e. The molecule has 2 aromatic rings. The zero-order valence-corrected chi connectivity index (χ0v) is 13.2. The lowest BCUT2D eigenvalue weighted by Crippen LogP contribution is -2.19. The minimum atomic E-state index is -0.129. The van der Waals surface area contributed by atoms with E-state index in [-0.39, 0.29) is 11.9 Å². The molecule has 100 valence electrons. The van der Waals surface area contributed by atoms with Gasteiger partial charge in [0, 0.05) is 15.3 Å². The molecule has 1 unspecified atom stereocenters. The van der Waals surface area contributed by atoms with E-state index in [9.17, 15) is 4.39 Å². The van der Waals surface area contributed by atoms with Crippen LogP contribution in [-0.4, -0.2) is 6.04 Å². The van der Waals surface area contributed by atoms with Gasteiger partial charge in [0.05, 0.1) is 0 Å². The van der Waals surface area contributed by atoms with Crippen molar-refractivity contribution in [3.05, 3.63) is 63.0 Å². The highest BCUT2D eigenvalue weighted by Gasteiger charge is 2.08. The van der Waals surface area contributed by atoms with Crippen molar-refractivity contribution in [2.45, 2.75) is 26.3 Å². The minimum Gasteiger partial charge on any atom is -0.382 e. The van der Waals surface area contributed by atoms with E-state index in [0.29, 0.717) is 6.42 Å². The van der Waals surface area contributed by atoms with Gasteiger partial charge in [-0.25, -0.2) is 4.39 Å². The Labute approximate surface area is 127 Å². The van der Waals surface area contributed by atoms with Crippen molar-refractivity contribution < 1.29 is 4.39 Å². The van der Waals surface area contributed by atoms with Gasteiger partial charge in [-0.1, -0.05) is 18.2 Å². The molecular formula is C16H17FIN. The van der Waals surface area contributed by atoms with Gasteiger partial charge in [-0.05, 0) is 78.3 Å². The first-order valence-corrected chi connectivity index (χ1v) is 7.40. The highest BCUT2D eigenvalue weighted by molar-refractivity contribution is 14.1. The van der Waals surface area contributed by atoms with Crippen LogP contribution in [0.5, 0.6) is 0 Å². The van der Waals surface area contributed by atoms with Gasteiger partial charge in [0.1, 0.15) is 5.82 Å². The Balaban J connectivity index is 2.05. The molecule has 1 N–H and O–H groups in total. The summed E-state index contributed by atoms with van der Waals surface area (Å²) in [5.41, 5.74) is 3.09. The third-order valence-electron chi connectivity index (χ3n) is 3.07. The number of rotatable bonds is 4. The highest BCUT2D eigenvalue weighted by Crippen LogP contribution is 2.19. The molecule has 1 atom stereocenters. The van der Waals surface area contributed by atoms with Crippen molar-refractivity contribution in [2.24, 2.45) is 0 Å². The fraction of sp³-hybridized carbons (Fsp3) is 0.250.